The van der Waals surface area contributed by atoms with Gasteiger partial charge in [-0.3, -0.25) is 4.90 Å². The summed E-state index contributed by atoms with van der Waals surface area (Å²) < 4.78 is 1.76. The van der Waals surface area contributed by atoms with Crippen molar-refractivity contribution >= 4 is 0 Å². The minimum atomic E-state index is 0.652. The van der Waals surface area contributed by atoms with Gasteiger partial charge in [0.1, 0.15) is 12.9 Å². The molecule has 0 N–H and O–H groups in total. The first kappa shape index (κ1) is 15.1. The highest BCUT2D eigenvalue weighted by Crippen LogP contribution is 2.18. The lowest BCUT2D eigenvalue weighted by Crippen LogP contribution is -2.35. The van der Waals surface area contributed by atoms with Gasteiger partial charge in [-0.15, -0.1) is 0 Å². The third kappa shape index (κ3) is 4.10. The maximum atomic E-state index is 5.82. The molecule has 1 saturated heterocycles. The zero-order chi connectivity index (χ0) is 15.2. The number of benzene rings is 1. The van der Waals surface area contributed by atoms with Crippen LogP contribution in [-0.4, -0.2) is 34.3 Å². The third-order valence-electron chi connectivity index (χ3n) is 4.39. The van der Waals surface area contributed by atoms with Crippen molar-refractivity contribution in [3.05, 3.63) is 54.1 Å². The average molecular weight is 299 g/mol. The molecule has 22 heavy (non-hydrogen) atoms. The molecule has 0 atom stereocenters. The summed E-state index contributed by atoms with van der Waals surface area (Å²) in [5.74, 6) is 0.652. The number of piperidine rings is 1. The van der Waals surface area contributed by atoms with E-state index < -0.39 is 0 Å². The van der Waals surface area contributed by atoms with Crippen LogP contribution in [0.2, 0.25) is 0 Å². The molecule has 0 bridgehead atoms. The van der Waals surface area contributed by atoms with E-state index in [0.29, 0.717) is 5.92 Å². The number of imidazole rings is 1. The summed E-state index contributed by atoms with van der Waals surface area (Å²) in [5, 5.41) is 0. The van der Waals surface area contributed by atoms with Crippen molar-refractivity contribution in [2.24, 2.45) is 5.92 Å². The van der Waals surface area contributed by atoms with E-state index in [-0.39, 0.29) is 0 Å². The number of hydrogen-bond donors (Lipinski definition) is 0. The number of rotatable bonds is 6. The van der Waals surface area contributed by atoms with E-state index >= 15 is 0 Å². The molecule has 1 aromatic heterocycles. The summed E-state index contributed by atoms with van der Waals surface area (Å²) in [6, 6.07) is 10.7. The topological polar surface area (TPSA) is 30.3 Å². The Labute approximate surface area is 132 Å². The normalized spacial score (nSPS) is 16.8. The fraction of sp³-hybridized carbons (Fsp3) is 0.500. The molecule has 0 spiro atoms. The Morgan fingerprint density at radius 2 is 1.95 bits per heavy atom. The average Bonchev–Trinajstić information content (AvgIpc) is 3.03. The molecule has 0 unspecified atom stereocenters. The van der Waals surface area contributed by atoms with E-state index in [1.165, 1.54) is 18.4 Å². The highest BCUT2D eigenvalue weighted by Gasteiger charge is 2.20. The van der Waals surface area contributed by atoms with Crippen LogP contribution in [0.4, 0.5) is 0 Å². The van der Waals surface area contributed by atoms with E-state index in [9.17, 15) is 0 Å². The zero-order valence-electron chi connectivity index (χ0n) is 13.3. The number of aryl methyl sites for hydroxylation is 1. The van der Waals surface area contributed by atoms with Crippen LogP contribution in [-0.2, 0) is 13.0 Å². The van der Waals surface area contributed by atoms with E-state index in [2.05, 4.69) is 47.1 Å². The van der Waals surface area contributed by atoms with Crippen molar-refractivity contribution in [2.45, 2.75) is 32.7 Å². The van der Waals surface area contributed by atoms with Crippen molar-refractivity contribution in [2.75, 3.05) is 19.7 Å². The second-order valence-corrected chi connectivity index (χ2v) is 6.08. The van der Waals surface area contributed by atoms with Crippen LogP contribution in [0.1, 0.15) is 31.0 Å². The quantitative estimate of drug-likeness (QED) is 0.821. The number of nitrogens with zero attached hydrogens (tertiary/aromatic N) is 3. The number of hydrogen-bond acceptors (Lipinski definition) is 3. The standard InChI is InChI=1S/C18H25N3O/c1-2-18-13-21(15-19-18)22-14-17-8-10-20(11-9-17)12-16-6-4-3-5-7-16/h3-7,13,15,17H,2,8-12,14H2,1H3. The van der Waals surface area contributed by atoms with Gasteiger partial charge in [0.2, 0.25) is 0 Å². The van der Waals surface area contributed by atoms with Crippen molar-refractivity contribution in [3.63, 3.8) is 0 Å². The van der Waals surface area contributed by atoms with Crippen LogP contribution < -0.4 is 4.84 Å². The summed E-state index contributed by atoms with van der Waals surface area (Å²) in [6.45, 7) is 6.28. The fourth-order valence-electron chi connectivity index (χ4n) is 2.94. The second kappa shape index (κ2) is 7.45. The van der Waals surface area contributed by atoms with Crippen molar-refractivity contribution in [1.82, 2.24) is 14.6 Å². The van der Waals surface area contributed by atoms with Crippen LogP contribution >= 0.6 is 0 Å². The largest absolute Gasteiger partial charge is 0.413 e. The lowest BCUT2D eigenvalue weighted by atomic mass is 9.97. The number of aromatic nitrogens is 2. The summed E-state index contributed by atoms with van der Waals surface area (Å²) in [5.41, 5.74) is 2.49. The smallest absolute Gasteiger partial charge is 0.132 e. The summed E-state index contributed by atoms with van der Waals surface area (Å²) >= 11 is 0. The summed E-state index contributed by atoms with van der Waals surface area (Å²) in [7, 11) is 0. The molecule has 0 radical (unpaired) electrons. The molecule has 4 heteroatoms. The molecule has 2 aromatic rings. The monoisotopic (exact) mass is 299 g/mol. The van der Waals surface area contributed by atoms with E-state index in [4.69, 9.17) is 4.84 Å². The van der Waals surface area contributed by atoms with Crippen LogP contribution in [0, 0.1) is 5.92 Å². The predicted molar refractivity (Wildman–Crippen MR) is 87.5 cm³/mol. The SMILES string of the molecule is CCc1cn(OCC2CCN(Cc3ccccc3)CC2)cn1. The minimum Gasteiger partial charge on any atom is -0.413 e. The van der Waals surface area contributed by atoms with Gasteiger partial charge >= 0.3 is 0 Å². The molecule has 118 valence electrons. The Morgan fingerprint density at radius 1 is 1.18 bits per heavy atom. The highest BCUT2D eigenvalue weighted by atomic mass is 16.7. The first-order valence-electron chi connectivity index (χ1n) is 8.26. The van der Waals surface area contributed by atoms with Gasteiger partial charge in [-0.1, -0.05) is 37.3 Å². The molecule has 1 fully saturated rings. The van der Waals surface area contributed by atoms with Gasteiger partial charge in [-0.2, -0.15) is 4.73 Å². The molecular weight excluding hydrogens is 274 g/mol. The fourth-order valence-corrected chi connectivity index (χ4v) is 2.94. The summed E-state index contributed by atoms with van der Waals surface area (Å²) in [4.78, 5) is 12.6. The second-order valence-electron chi connectivity index (χ2n) is 6.08. The van der Waals surface area contributed by atoms with Crippen LogP contribution in [0.15, 0.2) is 42.9 Å². The van der Waals surface area contributed by atoms with Gasteiger partial charge in [0.15, 0.2) is 0 Å². The maximum absolute atomic E-state index is 5.82. The van der Waals surface area contributed by atoms with Crippen LogP contribution in [0.3, 0.4) is 0 Å². The Kier molecular flexibility index (Phi) is 5.11. The van der Waals surface area contributed by atoms with E-state index in [1.807, 2.05) is 6.20 Å². The van der Waals surface area contributed by atoms with Crippen LogP contribution in [0.25, 0.3) is 0 Å². The first-order valence-corrected chi connectivity index (χ1v) is 8.26. The number of likely N-dealkylation sites (tertiary alicyclic amines) is 1. The molecule has 0 amide bonds. The Hall–Kier alpha value is -1.81. The molecule has 2 heterocycles. The minimum absolute atomic E-state index is 0.652. The molecule has 1 aliphatic heterocycles. The zero-order valence-corrected chi connectivity index (χ0v) is 13.3. The maximum Gasteiger partial charge on any atom is 0.132 e. The molecule has 3 rings (SSSR count). The lowest BCUT2D eigenvalue weighted by molar-refractivity contribution is 0.0521. The van der Waals surface area contributed by atoms with Gasteiger partial charge in [-0.05, 0) is 43.8 Å². The Balaban J connectivity index is 1.40. The third-order valence-corrected chi connectivity index (χ3v) is 4.39. The highest BCUT2D eigenvalue weighted by molar-refractivity contribution is 5.14. The van der Waals surface area contributed by atoms with Crippen LogP contribution in [0.5, 0.6) is 0 Å². The summed E-state index contributed by atoms with van der Waals surface area (Å²) in [6.07, 6.45) is 7.12. The van der Waals surface area contributed by atoms with E-state index in [0.717, 1.165) is 38.4 Å². The Morgan fingerprint density at radius 3 is 2.64 bits per heavy atom. The molecule has 4 nitrogen and oxygen atoms in total. The Bertz CT molecular complexity index is 559. The van der Waals surface area contributed by atoms with Gasteiger partial charge in [0, 0.05) is 6.54 Å². The molecular formula is C18H25N3O. The lowest BCUT2D eigenvalue weighted by Gasteiger charge is -2.31. The van der Waals surface area contributed by atoms with Gasteiger partial charge < -0.3 is 4.84 Å². The predicted octanol–water partition coefficient (Wildman–Crippen LogP) is 2.79. The van der Waals surface area contributed by atoms with E-state index in [1.54, 1.807) is 11.1 Å². The first-order chi connectivity index (χ1) is 10.8. The molecule has 0 saturated carbocycles. The van der Waals surface area contributed by atoms with Crippen molar-refractivity contribution in [3.8, 4) is 0 Å². The van der Waals surface area contributed by atoms with Gasteiger partial charge in [0.05, 0.1) is 11.9 Å². The molecule has 0 aliphatic carbocycles. The van der Waals surface area contributed by atoms with Crippen molar-refractivity contribution < 1.29 is 4.84 Å². The molecule has 1 aliphatic rings. The van der Waals surface area contributed by atoms with Crippen molar-refractivity contribution in [1.29, 1.82) is 0 Å². The van der Waals surface area contributed by atoms with Gasteiger partial charge in [0.25, 0.3) is 0 Å². The van der Waals surface area contributed by atoms with Gasteiger partial charge in [-0.25, -0.2) is 4.98 Å². The molecule has 1 aromatic carbocycles.